The van der Waals surface area contributed by atoms with Crippen LogP contribution in [0, 0.1) is 12.8 Å². The van der Waals surface area contributed by atoms with E-state index in [4.69, 9.17) is 4.74 Å². The smallest absolute Gasteiger partial charge is 0.224 e. The zero-order chi connectivity index (χ0) is 23.4. The number of hydrogen-bond donors (Lipinski definition) is 1. The van der Waals surface area contributed by atoms with Crippen LogP contribution in [0.25, 0.3) is 10.9 Å². The van der Waals surface area contributed by atoms with E-state index in [1.54, 1.807) is 7.11 Å². The van der Waals surface area contributed by atoms with Gasteiger partial charge in [-0.05, 0) is 63.7 Å². The SMILES string of the molecule is COc1ccc2nc(C)nc(SCC(=O)c3ccc(CNC(=O)[C@H]4CCCN(C)C4)s3)c2c1. The number of fused-ring (bicyclic) bond motifs is 1. The Morgan fingerprint density at radius 2 is 2.12 bits per heavy atom. The van der Waals surface area contributed by atoms with Gasteiger partial charge in [0, 0.05) is 16.8 Å². The molecule has 0 saturated carbocycles. The Hall–Kier alpha value is -2.49. The zero-order valence-corrected chi connectivity index (χ0v) is 20.7. The number of likely N-dealkylation sites (tertiary alicyclic amines) is 1. The zero-order valence-electron chi connectivity index (χ0n) is 19.1. The number of aryl methyl sites for hydroxylation is 1. The standard InChI is InChI=1S/C24H28N4O3S2/c1-15-26-20-8-6-17(31-3)11-19(20)24(27-15)32-14-21(29)22-9-7-18(33-22)12-25-23(30)16-5-4-10-28(2)13-16/h6-9,11,16H,4-5,10,12-14H2,1-3H3,(H,25,30)/t16-/m0/s1. The maximum atomic E-state index is 12.8. The Bertz CT molecular complexity index is 1160. The number of methoxy groups -OCH3 is 1. The summed E-state index contributed by atoms with van der Waals surface area (Å²) in [6.45, 7) is 4.16. The molecular formula is C24H28N4O3S2. The third-order valence-corrected chi connectivity index (χ3v) is 7.81. The van der Waals surface area contributed by atoms with Crippen molar-refractivity contribution in [2.45, 2.75) is 31.3 Å². The van der Waals surface area contributed by atoms with Crippen molar-refractivity contribution in [3.05, 3.63) is 45.9 Å². The molecule has 33 heavy (non-hydrogen) atoms. The van der Waals surface area contributed by atoms with Crippen LogP contribution in [0.3, 0.4) is 0 Å². The number of benzene rings is 1. The number of nitrogens with one attached hydrogen (secondary N) is 1. The number of aromatic nitrogens is 2. The van der Waals surface area contributed by atoms with Crippen molar-refractivity contribution in [3.8, 4) is 5.75 Å². The fourth-order valence-corrected chi connectivity index (χ4v) is 5.87. The second-order valence-electron chi connectivity index (χ2n) is 8.26. The van der Waals surface area contributed by atoms with Crippen LogP contribution in [0.15, 0.2) is 35.4 Å². The van der Waals surface area contributed by atoms with Crippen molar-refractivity contribution in [2.75, 3.05) is 33.0 Å². The third-order valence-electron chi connectivity index (χ3n) is 5.69. The minimum absolute atomic E-state index is 0.0452. The third kappa shape index (κ3) is 5.90. The molecule has 174 valence electrons. The molecule has 9 heteroatoms. The van der Waals surface area contributed by atoms with E-state index in [1.165, 1.54) is 23.1 Å². The van der Waals surface area contributed by atoms with Crippen molar-refractivity contribution in [2.24, 2.45) is 5.92 Å². The van der Waals surface area contributed by atoms with Crippen molar-refractivity contribution >= 4 is 45.7 Å². The Kier molecular flexibility index (Phi) is 7.62. The molecule has 0 radical (unpaired) electrons. The van der Waals surface area contributed by atoms with Gasteiger partial charge >= 0.3 is 0 Å². The molecule has 1 aliphatic rings. The largest absolute Gasteiger partial charge is 0.497 e. The number of carbonyl (C=O) groups excluding carboxylic acids is 2. The van der Waals surface area contributed by atoms with Gasteiger partial charge in [0.15, 0.2) is 5.78 Å². The second kappa shape index (κ2) is 10.6. The Labute approximate surface area is 201 Å². The van der Waals surface area contributed by atoms with Crippen LogP contribution in [-0.4, -0.2) is 59.6 Å². The number of thioether (sulfide) groups is 1. The quantitative estimate of drug-likeness (QED) is 0.294. The fraction of sp³-hybridized carbons (Fsp3) is 0.417. The minimum Gasteiger partial charge on any atom is -0.497 e. The second-order valence-corrected chi connectivity index (χ2v) is 10.4. The van der Waals surface area contributed by atoms with Gasteiger partial charge in [-0.3, -0.25) is 9.59 Å². The highest BCUT2D eigenvalue weighted by molar-refractivity contribution is 8.00. The highest BCUT2D eigenvalue weighted by atomic mass is 32.2. The van der Waals surface area contributed by atoms with E-state index in [1.807, 2.05) is 37.3 Å². The lowest BCUT2D eigenvalue weighted by Gasteiger charge is -2.28. The molecule has 3 aromatic rings. The molecule has 4 rings (SSSR count). The number of ketones is 1. The van der Waals surface area contributed by atoms with Gasteiger partial charge in [0.2, 0.25) is 5.91 Å². The van der Waals surface area contributed by atoms with Gasteiger partial charge in [0.05, 0.1) is 35.7 Å². The van der Waals surface area contributed by atoms with Gasteiger partial charge in [-0.1, -0.05) is 11.8 Å². The van der Waals surface area contributed by atoms with E-state index >= 15 is 0 Å². The minimum atomic E-state index is 0.0452. The average Bonchev–Trinajstić information content (AvgIpc) is 3.29. The first-order chi connectivity index (χ1) is 15.9. The van der Waals surface area contributed by atoms with Crippen molar-refractivity contribution in [1.29, 1.82) is 0 Å². The van der Waals surface area contributed by atoms with Gasteiger partial charge in [0.1, 0.15) is 16.6 Å². The summed E-state index contributed by atoms with van der Waals surface area (Å²) >= 11 is 2.85. The first-order valence-corrected chi connectivity index (χ1v) is 12.8. The molecule has 3 heterocycles. The van der Waals surface area contributed by atoms with Gasteiger partial charge < -0.3 is 15.0 Å². The number of amides is 1. The van der Waals surface area contributed by atoms with Crippen LogP contribution in [-0.2, 0) is 11.3 Å². The Morgan fingerprint density at radius 3 is 2.91 bits per heavy atom. The lowest BCUT2D eigenvalue weighted by Crippen LogP contribution is -2.41. The summed E-state index contributed by atoms with van der Waals surface area (Å²) in [5.41, 5.74) is 0.830. The molecule has 0 unspecified atom stereocenters. The highest BCUT2D eigenvalue weighted by Crippen LogP contribution is 2.29. The van der Waals surface area contributed by atoms with E-state index in [2.05, 4.69) is 27.2 Å². The molecule has 1 saturated heterocycles. The topological polar surface area (TPSA) is 84.4 Å². The van der Waals surface area contributed by atoms with Gasteiger partial charge in [-0.2, -0.15) is 0 Å². The predicted molar refractivity (Wildman–Crippen MR) is 132 cm³/mol. The number of Topliss-reactive ketones (excluding diaryl/α,β-unsaturated/α-hetero) is 1. The molecule has 1 amide bonds. The number of nitrogens with zero attached hydrogens (tertiary/aromatic N) is 3. The van der Waals surface area contributed by atoms with Crippen LogP contribution in [0.2, 0.25) is 0 Å². The van der Waals surface area contributed by atoms with Gasteiger partial charge in [-0.15, -0.1) is 11.3 Å². The Balaban J connectivity index is 1.36. The lowest BCUT2D eigenvalue weighted by molar-refractivity contribution is -0.126. The number of piperidine rings is 1. The van der Waals surface area contributed by atoms with E-state index in [9.17, 15) is 9.59 Å². The normalized spacial score (nSPS) is 16.6. The van der Waals surface area contributed by atoms with Crippen molar-refractivity contribution in [1.82, 2.24) is 20.2 Å². The molecule has 0 spiro atoms. The number of rotatable bonds is 8. The number of thiophene rings is 1. The predicted octanol–water partition coefficient (Wildman–Crippen LogP) is 3.94. The first-order valence-electron chi connectivity index (χ1n) is 11.0. The number of hydrogen-bond acceptors (Lipinski definition) is 8. The highest BCUT2D eigenvalue weighted by Gasteiger charge is 2.23. The monoisotopic (exact) mass is 484 g/mol. The van der Waals surface area contributed by atoms with Crippen LogP contribution in [0.5, 0.6) is 5.75 Å². The molecule has 0 bridgehead atoms. The summed E-state index contributed by atoms with van der Waals surface area (Å²) in [6, 6.07) is 9.44. The van der Waals surface area contributed by atoms with Gasteiger partial charge in [0.25, 0.3) is 0 Å². The number of carbonyl (C=O) groups is 2. The summed E-state index contributed by atoms with van der Waals surface area (Å²) in [5.74, 6) is 1.87. The summed E-state index contributed by atoms with van der Waals surface area (Å²) in [7, 11) is 3.67. The van der Waals surface area contributed by atoms with Gasteiger partial charge in [-0.25, -0.2) is 9.97 Å². The van der Waals surface area contributed by atoms with Crippen molar-refractivity contribution in [3.63, 3.8) is 0 Å². The Morgan fingerprint density at radius 1 is 1.27 bits per heavy atom. The molecule has 1 aromatic carbocycles. The summed E-state index contributed by atoms with van der Waals surface area (Å²) in [5, 5.41) is 4.68. The summed E-state index contributed by atoms with van der Waals surface area (Å²) in [4.78, 5) is 38.2. The van der Waals surface area contributed by atoms with Crippen LogP contribution in [0.1, 0.15) is 33.2 Å². The molecule has 1 aliphatic heterocycles. The fourth-order valence-electron chi connectivity index (χ4n) is 3.95. The average molecular weight is 485 g/mol. The maximum absolute atomic E-state index is 12.8. The van der Waals surface area contributed by atoms with Crippen LogP contribution >= 0.6 is 23.1 Å². The van der Waals surface area contributed by atoms with E-state index in [0.717, 1.165) is 52.5 Å². The first kappa shape index (κ1) is 23.7. The molecule has 2 aromatic heterocycles. The molecule has 0 aliphatic carbocycles. The van der Waals surface area contributed by atoms with Crippen LogP contribution in [0.4, 0.5) is 0 Å². The molecule has 7 nitrogen and oxygen atoms in total. The number of ether oxygens (including phenoxy) is 1. The molecule has 1 N–H and O–H groups in total. The molecule has 1 fully saturated rings. The van der Waals surface area contributed by atoms with Crippen molar-refractivity contribution < 1.29 is 14.3 Å². The van der Waals surface area contributed by atoms with E-state index in [0.29, 0.717) is 17.2 Å². The van der Waals surface area contributed by atoms with E-state index < -0.39 is 0 Å². The molecule has 1 atom stereocenters. The van der Waals surface area contributed by atoms with E-state index in [-0.39, 0.29) is 23.4 Å². The lowest BCUT2D eigenvalue weighted by atomic mass is 9.98. The van der Waals surface area contributed by atoms with Crippen LogP contribution < -0.4 is 10.1 Å². The summed E-state index contributed by atoms with van der Waals surface area (Å²) in [6.07, 6.45) is 1.99. The molecular weight excluding hydrogens is 456 g/mol. The summed E-state index contributed by atoms with van der Waals surface area (Å²) < 4.78 is 5.33. The maximum Gasteiger partial charge on any atom is 0.224 e.